The van der Waals surface area contributed by atoms with Crippen molar-refractivity contribution in [2.75, 3.05) is 5.88 Å². The number of aromatic nitrogens is 2. The Morgan fingerprint density at radius 3 is 2.67 bits per heavy atom. The average molecular weight is 245 g/mol. The minimum absolute atomic E-state index is 0.649. The van der Waals surface area contributed by atoms with Gasteiger partial charge in [0.1, 0.15) is 10.0 Å². The first-order valence-electron chi connectivity index (χ1n) is 5.68. The Morgan fingerprint density at radius 1 is 1.27 bits per heavy atom. The van der Waals surface area contributed by atoms with Crippen LogP contribution in [-0.2, 0) is 6.42 Å². The molecule has 0 unspecified atom stereocenters. The summed E-state index contributed by atoms with van der Waals surface area (Å²) in [5.41, 5.74) is 0. The lowest BCUT2D eigenvalue weighted by Gasteiger charge is -2.23. The molecule has 4 heteroatoms. The second kappa shape index (κ2) is 5.26. The third kappa shape index (κ3) is 2.91. The van der Waals surface area contributed by atoms with E-state index in [1.54, 1.807) is 11.3 Å². The fraction of sp³-hybridized carbons (Fsp3) is 0.818. The predicted molar refractivity (Wildman–Crippen MR) is 64.7 cm³/mol. The van der Waals surface area contributed by atoms with Gasteiger partial charge in [-0.2, -0.15) is 0 Å². The molecule has 0 amide bonds. The molecule has 1 fully saturated rings. The van der Waals surface area contributed by atoms with E-state index in [0.717, 1.165) is 17.3 Å². The Labute approximate surface area is 100 Å². The molecule has 15 heavy (non-hydrogen) atoms. The van der Waals surface area contributed by atoms with E-state index in [4.69, 9.17) is 11.6 Å². The van der Waals surface area contributed by atoms with Gasteiger partial charge in [-0.25, -0.2) is 0 Å². The molecule has 0 spiro atoms. The van der Waals surface area contributed by atoms with Crippen molar-refractivity contribution in [3.63, 3.8) is 0 Å². The molecule has 1 aliphatic carbocycles. The molecule has 0 aliphatic heterocycles. The van der Waals surface area contributed by atoms with Crippen molar-refractivity contribution in [3.05, 3.63) is 10.0 Å². The number of nitrogens with zero attached hydrogens (tertiary/aromatic N) is 2. The monoisotopic (exact) mass is 244 g/mol. The molecule has 0 N–H and O–H groups in total. The zero-order chi connectivity index (χ0) is 10.7. The van der Waals surface area contributed by atoms with Crippen LogP contribution in [0, 0.1) is 5.92 Å². The van der Waals surface area contributed by atoms with E-state index in [2.05, 4.69) is 17.1 Å². The van der Waals surface area contributed by atoms with Crippen LogP contribution in [0.5, 0.6) is 0 Å². The Morgan fingerprint density at radius 2 is 2.00 bits per heavy atom. The van der Waals surface area contributed by atoms with Crippen LogP contribution in [0.15, 0.2) is 0 Å². The van der Waals surface area contributed by atoms with E-state index in [-0.39, 0.29) is 0 Å². The lowest BCUT2D eigenvalue weighted by atomic mass is 9.83. The van der Waals surface area contributed by atoms with Crippen LogP contribution in [0.1, 0.15) is 48.5 Å². The normalized spacial score (nSPS) is 26.8. The van der Waals surface area contributed by atoms with Crippen molar-refractivity contribution in [2.24, 2.45) is 5.92 Å². The summed E-state index contributed by atoms with van der Waals surface area (Å²) in [5, 5.41) is 10.8. The summed E-state index contributed by atoms with van der Waals surface area (Å²) < 4.78 is 0. The van der Waals surface area contributed by atoms with Gasteiger partial charge in [0.05, 0.1) is 0 Å². The first-order valence-corrected chi connectivity index (χ1v) is 7.03. The third-order valence-corrected chi connectivity index (χ3v) is 4.49. The summed E-state index contributed by atoms with van der Waals surface area (Å²) in [5.74, 6) is 2.22. The van der Waals surface area contributed by atoms with Gasteiger partial charge < -0.3 is 0 Å². The molecule has 2 nitrogen and oxygen atoms in total. The summed E-state index contributed by atoms with van der Waals surface area (Å²) in [6.45, 7) is 2.34. The van der Waals surface area contributed by atoms with E-state index in [9.17, 15) is 0 Å². The van der Waals surface area contributed by atoms with Crippen molar-refractivity contribution in [1.29, 1.82) is 0 Å². The van der Waals surface area contributed by atoms with E-state index < -0.39 is 0 Å². The third-order valence-electron chi connectivity index (χ3n) is 3.16. The van der Waals surface area contributed by atoms with E-state index in [1.807, 2.05) is 0 Å². The van der Waals surface area contributed by atoms with Crippen molar-refractivity contribution in [1.82, 2.24) is 10.2 Å². The van der Waals surface area contributed by atoms with Gasteiger partial charge in [-0.3, -0.25) is 0 Å². The van der Waals surface area contributed by atoms with Gasteiger partial charge in [-0.1, -0.05) is 19.8 Å². The van der Waals surface area contributed by atoms with Gasteiger partial charge >= 0.3 is 0 Å². The van der Waals surface area contributed by atoms with Gasteiger partial charge in [0.15, 0.2) is 0 Å². The van der Waals surface area contributed by atoms with Gasteiger partial charge in [0.2, 0.25) is 0 Å². The summed E-state index contributed by atoms with van der Waals surface area (Å²) in [6.07, 6.45) is 6.12. The fourth-order valence-electron chi connectivity index (χ4n) is 2.12. The highest BCUT2D eigenvalue weighted by Crippen LogP contribution is 2.36. The van der Waals surface area contributed by atoms with Crippen molar-refractivity contribution < 1.29 is 0 Å². The summed E-state index contributed by atoms with van der Waals surface area (Å²) in [6, 6.07) is 0. The SMILES string of the molecule is CC1CCC(c2nnc(CCCl)s2)CC1. The topological polar surface area (TPSA) is 25.8 Å². The molecule has 1 heterocycles. The predicted octanol–water partition coefficient (Wildman–Crippen LogP) is 3.61. The van der Waals surface area contributed by atoms with Gasteiger partial charge in [0.25, 0.3) is 0 Å². The highest BCUT2D eigenvalue weighted by atomic mass is 35.5. The summed E-state index contributed by atoms with van der Waals surface area (Å²) in [7, 11) is 0. The maximum absolute atomic E-state index is 5.69. The van der Waals surface area contributed by atoms with Gasteiger partial charge in [-0.15, -0.1) is 33.1 Å². The Kier molecular flexibility index (Phi) is 3.98. The molecule has 1 aromatic rings. The molecular weight excluding hydrogens is 228 g/mol. The van der Waals surface area contributed by atoms with Crippen LogP contribution in [-0.4, -0.2) is 16.1 Å². The summed E-state index contributed by atoms with van der Waals surface area (Å²) >= 11 is 7.45. The fourth-order valence-corrected chi connectivity index (χ4v) is 3.42. The Bertz CT molecular complexity index is 305. The second-order valence-electron chi connectivity index (χ2n) is 4.43. The Balaban J connectivity index is 1.96. The number of halogens is 1. The first-order chi connectivity index (χ1) is 7.29. The van der Waals surface area contributed by atoms with E-state index in [1.165, 1.54) is 30.7 Å². The standard InChI is InChI=1S/C11H17ClN2S/c1-8-2-4-9(5-3-8)11-14-13-10(15-11)6-7-12/h8-9H,2-7H2,1H3. The zero-order valence-corrected chi connectivity index (χ0v) is 10.7. The highest BCUT2D eigenvalue weighted by Gasteiger charge is 2.22. The average Bonchev–Trinajstić information content (AvgIpc) is 2.68. The van der Waals surface area contributed by atoms with Crippen LogP contribution in [0.25, 0.3) is 0 Å². The zero-order valence-electron chi connectivity index (χ0n) is 9.08. The lowest BCUT2D eigenvalue weighted by molar-refractivity contribution is 0.346. The quantitative estimate of drug-likeness (QED) is 0.759. The van der Waals surface area contributed by atoms with E-state index >= 15 is 0 Å². The number of alkyl halides is 1. The first kappa shape index (κ1) is 11.3. The van der Waals surface area contributed by atoms with Crippen LogP contribution < -0.4 is 0 Å². The number of rotatable bonds is 3. The van der Waals surface area contributed by atoms with Crippen LogP contribution in [0.3, 0.4) is 0 Å². The van der Waals surface area contributed by atoms with Gasteiger partial charge in [-0.05, 0) is 18.8 Å². The summed E-state index contributed by atoms with van der Waals surface area (Å²) in [4.78, 5) is 0. The van der Waals surface area contributed by atoms with Crippen molar-refractivity contribution in [2.45, 2.75) is 44.9 Å². The molecule has 1 saturated carbocycles. The lowest BCUT2D eigenvalue weighted by Crippen LogP contribution is -2.10. The molecule has 1 aliphatic rings. The van der Waals surface area contributed by atoms with Crippen molar-refractivity contribution in [3.8, 4) is 0 Å². The maximum Gasteiger partial charge on any atom is 0.120 e. The molecule has 0 atom stereocenters. The molecule has 0 saturated heterocycles. The van der Waals surface area contributed by atoms with Gasteiger partial charge in [0, 0.05) is 18.2 Å². The minimum Gasteiger partial charge on any atom is -0.144 e. The highest BCUT2D eigenvalue weighted by molar-refractivity contribution is 7.11. The van der Waals surface area contributed by atoms with E-state index in [0.29, 0.717) is 11.8 Å². The molecule has 0 radical (unpaired) electrons. The van der Waals surface area contributed by atoms with Crippen LogP contribution in [0.4, 0.5) is 0 Å². The second-order valence-corrected chi connectivity index (χ2v) is 5.90. The molecule has 2 rings (SSSR count). The minimum atomic E-state index is 0.649. The van der Waals surface area contributed by atoms with Crippen LogP contribution in [0.2, 0.25) is 0 Å². The smallest absolute Gasteiger partial charge is 0.120 e. The number of hydrogen-bond donors (Lipinski definition) is 0. The molecular formula is C11H17ClN2S. The molecule has 1 aromatic heterocycles. The maximum atomic E-state index is 5.69. The molecule has 0 aromatic carbocycles. The Hall–Kier alpha value is -0.150. The molecule has 0 bridgehead atoms. The number of hydrogen-bond acceptors (Lipinski definition) is 3. The largest absolute Gasteiger partial charge is 0.144 e. The number of aryl methyl sites for hydroxylation is 1. The van der Waals surface area contributed by atoms with Crippen molar-refractivity contribution >= 4 is 22.9 Å². The van der Waals surface area contributed by atoms with Crippen LogP contribution >= 0.6 is 22.9 Å². The molecule has 84 valence electrons.